The SMILES string of the molecule is C1CC(COC[C@@H]2CO2)CCC1COCC1CO1. The Hall–Kier alpha value is -0.160. The van der Waals surface area contributed by atoms with Crippen molar-refractivity contribution in [2.75, 3.05) is 39.6 Å². The first-order chi connectivity index (χ1) is 8.90. The van der Waals surface area contributed by atoms with Crippen LogP contribution in [0, 0.1) is 11.8 Å². The summed E-state index contributed by atoms with van der Waals surface area (Å²) >= 11 is 0. The summed E-state index contributed by atoms with van der Waals surface area (Å²) < 4.78 is 21.6. The van der Waals surface area contributed by atoms with Gasteiger partial charge in [-0.1, -0.05) is 0 Å². The summed E-state index contributed by atoms with van der Waals surface area (Å²) in [4.78, 5) is 0. The molecule has 0 aromatic heterocycles. The molecule has 0 aromatic carbocycles. The smallest absolute Gasteiger partial charge is 0.104 e. The maximum atomic E-state index is 5.68. The second kappa shape index (κ2) is 6.33. The molecule has 3 aliphatic rings. The molecule has 0 radical (unpaired) electrons. The van der Waals surface area contributed by atoms with Gasteiger partial charge in [0.1, 0.15) is 12.2 Å². The third kappa shape index (κ3) is 4.50. The fraction of sp³-hybridized carbons (Fsp3) is 1.00. The summed E-state index contributed by atoms with van der Waals surface area (Å²) in [6.07, 6.45) is 5.97. The Morgan fingerprint density at radius 3 is 1.39 bits per heavy atom. The Balaban J connectivity index is 1.21. The molecule has 2 atom stereocenters. The first-order valence-electron chi connectivity index (χ1n) is 7.29. The highest BCUT2D eigenvalue weighted by Gasteiger charge is 2.26. The first kappa shape index (κ1) is 12.9. The van der Waals surface area contributed by atoms with E-state index in [9.17, 15) is 0 Å². The minimum absolute atomic E-state index is 0.402. The lowest BCUT2D eigenvalue weighted by atomic mass is 9.83. The molecule has 2 heterocycles. The zero-order valence-corrected chi connectivity index (χ0v) is 11.0. The van der Waals surface area contributed by atoms with Crippen molar-refractivity contribution in [2.24, 2.45) is 11.8 Å². The molecule has 1 saturated carbocycles. The summed E-state index contributed by atoms with van der Waals surface area (Å²) in [6.45, 7) is 5.23. The van der Waals surface area contributed by atoms with Gasteiger partial charge in [-0.25, -0.2) is 0 Å². The average molecular weight is 256 g/mol. The Bertz CT molecular complexity index is 216. The lowest BCUT2D eigenvalue weighted by Gasteiger charge is -2.28. The van der Waals surface area contributed by atoms with Crippen molar-refractivity contribution in [3.05, 3.63) is 0 Å². The zero-order valence-electron chi connectivity index (χ0n) is 11.0. The van der Waals surface area contributed by atoms with Crippen LogP contribution in [-0.4, -0.2) is 51.8 Å². The first-order valence-corrected chi connectivity index (χ1v) is 7.29. The van der Waals surface area contributed by atoms with Crippen LogP contribution < -0.4 is 0 Å². The van der Waals surface area contributed by atoms with Crippen molar-refractivity contribution in [1.82, 2.24) is 0 Å². The lowest BCUT2D eigenvalue weighted by Crippen LogP contribution is -2.23. The quantitative estimate of drug-likeness (QED) is 0.619. The van der Waals surface area contributed by atoms with Gasteiger partial charge in [-0.05, 0) is 37.5 Å². The molecular formula is C14H24O4. The summed E-state index contributed by atoms with van der Waals surface area (Å²) in [7, 11) is 0. The highest BCUT2D eigenvalue weighted by Crippen LogP contribution is 2.29. The minimum Gasteiger partial charge on any atom is -0.378 e. The van der Waals surface area contributed by atoms with Gasteiger partial charge in [-0.2, -0.15) is 0 Å². The second-order valence-corrected chi connectivity index (χ2v) is 5.87. The maximum absolute atomic E-state index is 5.68. The van der Waals surface area contributed by atoms with Crippen LogP contribution in [0.2, 0.25) is 0 Å². The summed E-state index contributed by atoms with van der Waals surface area (Å²) in [5, 5.41) is 0. The Morgan fingerprint density at radius 2 is 1.06 bits per heavy atom. The van der Waals surface area contributed by atoms with E-state index < -0.39 is 0 Å². The van der Waals surface area contributed by atoms with Gasteiger partial charge in [-0.15, -0.1) is 0 Å². The van der Waals surface area contributed by atoms with Crippen LogP contribution in [0.1, 0.15) is 25.7 Å². The summed E-state index contributed by atoms with van der Waals surface area (Å²) in [5.41, 5.74) is 0. The Kier molecular flexibility index (Phi) is 4.52. The highest BCUT2D eigenvalue weighted by molar-refractivity contribution is 4.74. The van der Waals surface area contributed by atoms with Crippen molar-refractivity contribution < 1.29 is 18.9 Å². The predicted molar refractivity (Wildman–Crippen MR) is 66.6 cm³/mol. The maximum Gasteiger partial charge on any atom is 0.104 e. The van der Waals surface area contributed by atoms with E-state index in [2.05, 4.69) is 0 Å². The molecule has 4 heteroatoms. The van der Waals surface area contributed by atoms with E-state index >= 15 is 0 Å². The number of hydrogen-bond acceptors (Lipinski definition) is 4. The van der Waals surface area contributed by atoms with Gasteiger partial charge < -0.3 is 18.9 Å². The topological polar surface area (TPSA) is 43.5 Å². The predicted octanol–water partition coefficient (Wildman–Crippen LogP) is 1.62. The lowest BCUT2D eigenvalue weighted by molar-refractivity contribution is 0.0415. The van der Waals surface area contributed by atoms with E-state index in [4.69, 9.17) is 18.9 Å². The van der Waals surface area contributed by atoms with Crippen LogP contribution in [0.25, 0.3) is 0 Å². The minimum atomic E-state index is 0.402. The monoisotopic (exact) mass is 256 g/mol. The van der Waals surface area contributed by atoms with E-state index in [0.29, 0.717) is 12.2 Å². The van der Waals surface area contributed by atoms with E-state index in [1.165, 1.54) is 25.7 Å². The molecule has 0 amide bonds. The van der Waals surface area contributed by atoms with Crippen molar-refractivity contribution in [3.8, 4) is 0 Å². The van der Waals surface area contributed by atoms with Crippen LogP contribution in [0.15, 0.2) is 0 Å². The fourth-order valence-corrected chi connectivity index (χ4v) is 2.63. The van der Waals surface area contributed by atoms with E-state index in [0.717, 1.165) is 51.5 Å². The van der Waals surface area contributed by atoms with E-state index in [1.807, 2.05) is 0 Å². The van der Waals surface area contributed by atoms with Gasteiger partial charge in [0, 0.05) is 13.2 Å². The van der Waals surface area contributed by atoms with Crippen molar-refractivity contribution >= 4 is 0 Å². The normalized spacial score (nSPS) is 38.7. The number of hydrogen-bond donors (Lipinski definition) is 0. The third-order valence-electron chi connectivity index (χ3n) is 4.09. The standard InChI is InChI=1S/C14H24O4/c1-2-12(6-16-8-14-10-18-14)4-3-11(1)5-15-7-13-9-17-13/h11-14H,1-10H2/t11?,12?,13-,14?/m1/s1. The van der Waals surface area contributed by atoms with Crippen LogP contribution in [0.4, 0.5) is 0 Å². The number of epoxide rings is 2. The largest absolute Gasteiger partial charge is 0.378 e. The zero-order chi connectivity index (χ0) is 12.2. The molecule has 1 unspecified atom stereocenters. The van der Waals surface area contributed by atoms with Gasteiger partial charge >= 0.3 is 0 Å². The molecule has 104 valence electrons. The van der Waals surface area contributed by atoms with Gasteiger partial charge in [0.25, 0.3) is 0 Å². The van der Waals surface area contributed by atoms with Crippen molar-refractivity contribution in [2.45, 2.75) is 37.9 Å². The molecule has 2 aliphatic heterocycles. The third-order valence-corrected chi connectivity index (χ3v) is 4.09. The summed E-state index contributed by atoms with van der Waals surface area (Å²) in [5.74, 6) is 1.51. The molecular weight excluding hydrogens is 232 g/mol. The Labute approximate surface area is 109 Å². The second-order valence-electron chi connectivity index (χ2n) is 5.87. The molecule has 0 bridgehead atoms. The van der Waals surface area contributed by atoms with Crippen LogP contribution in [0.3, 0.4) is 0 Å². The van der Waals surface area contributed by atoms with Gasteiger partial charge in [0.15, 0.2) is 0 Å². The molecule has 3 rings (SSSR count). The molecule has 4 nitrogen and oxygen atoms in total. The van der Waals surface area contributed by atoms with Crippen molar-refractivity contribution in [3.63, 3.8) is 0 Å². The molecule has 1 aliphatic carbocycles. The number of rotatable bonds is 8. The molecule has 3 fully saturated rings. The highest BCUT2D eigenvalue weighted by atomic mass is 16.6. The van der Waals surface area contributed by atoms with Gasteiger partial charge in [0.05, 0.1) is 26.4 Å². The van der Waals surface area contributed by atoms with Crippen LogP contribution >= 0.6 is 0 Å². The summed E-state index contributed by atoms with van der Waals surface area (Å²) in [6, 6.07) is 0. The molecule has 0 aromatic rings. The molecule has 0 spiro atoms. The van der Waals surface area contributed by atoms with Crippen LogP contribution in [-0.2, 0) is 18.9 Å². The molecule has 18 heavy (non-hydrogen) atoms. The Morgan fingerprint density at radius 1 is 0.667 bits per heavy atom. The molecule has 2 saturated heterocycles. The van der Waals surface area contributed by atoms with Crippen molar-refractivity contribution in [1.29, 1.82) is 0 Å². The fourth-order valence-electron chi connectivity index (χ4n) is 2.63. The number of ether oxygens (including phenoxy) is 4. The van der Waals surface area contributed by atoms with Gasteiger partial charge in [0.2, 0.25) is 0 Å². The van der Waals surface area contributed by atoms with E-state index in [1.54, 1.807) is 0 Å². The van der Waals surface area contributed by atoms with E-state index in [-0.39, 0.29) is 0 Å². The molecule has 0 N–H and O–H groups in total. The van der Waals surface area contributed by atoms with Gasteiger partial charge in [-0.3, -0.25) is 0 Å². The van der Waals surface area contributed by atoms with Crippen LogP contribution in [0.5, 0.6) is 0 Å². The average Bonchev–Trinajstić information content (AvgIpc) is 3.25.